The number of hydrogen-bond acceptors (Lipinski definition) is 9. The Balaban J connectivity index is 1.88. The molecule has 1 aliphatic heterocycles. The maximum atomic E-state index is 13.1. The summed E-state index contributed by atoms with van der Waals surface area (Å²) in [5, 5.41) is 19.9. The Morgan fingerprint density at radius 2 is 1.64 bits per heavy atom. The monoisotopic (exact) mass is 465 g/mol. The van der Waals surface area contributed by atoms with E-state index in [9.17, 15) is 19.5 Å². The molecule has 0 bridgehead atoms. The summed E-state index contributed by atoms with van der Waals surface area (Å²) < 4.78 is 9.87. The molecule has 0 aliphatic carbocycles. The molecule has 2 heterocycles. The van der Waals surface area contributed by atoms with Crippen molar-refractivity contribution in [3.8, 4) is 5.75 Å². The van der Waals surface area contributed by atoms with Gasteiger partial charge >= 0.3 is 11.9 Å². The molecule has 0 spiro atoms. The number of hydrogen-bond donors (Lipinski definition) is 1. The summed E-state index contributed by atoms with van der Waals surface area (Å²) in [6, 6.07) is 11.8. The molecule has 33 heavy (non-hydrogen) atoms. The second-order valence-corrected chi connectivity index (χ2v) is 8.27. The van der Waals surface area contributed by atoms with Gasteiger partial charge in [-0.1, -0.05) is 23.5 Å². The second-order valence-electron chi connectivity index (χ2n) is 7.11. The molecule has 0 radical (unpaired) electrons. The van der Waals surface area contributed by atoms with Gasteiger partial charge in [0.05, 0.1) is 31.4 Å². The second kappa shape index (κ2) is 8.83. The number of aliphatic hydroxyl groups excluding tert-OH is 1. The number of methoxy groups -OCH3 is 2. The lowest BCUT2D eigenvalue weighted by Crippen LogP contribution is -2.29. The first-order chi connectivity index (χ1) is 15.8. The van der Waals surface area contributed by atoms with E-state index in [0.29, 0.717) is 27.4 Å². The lowest BCUT2D eigenvalue weighted by molar-refractivity contribution is -0.132. The number of benzene rings is 2. The highest BCUT2D eigenvalue weighted by atomic mass is 32.1. The van der Waals surface area contributed by atoms with Crippen molar-refractivity contribution >= 4 is 39.9 Å². The van der Waals surface area contributed by atoms with Crippen LogP contribution in [0.2, 0.25) is 0 Å². The molecule has 9 nitrogen and oxygen atoms in total. The summed E-state index contributed by atoms with van der Waals surface area (Å²) in [6.45, 7) is 1.73. The fourth-order valence-electron chi connectivity index (χ4n) is 3.55. The molecule has 1 aromatic heterocycles. The Labute approximate surface area is 192 Å². The molecule has 1 N–H and O–H groups in total. The third kappa shape index (κ3) is 3.96. The quantitative estimate of drug-likeness (QED) is 0.264. The molecule has 1 amide bonds. The Hall–Kier alpha value is -4.05. The van der Waals surface area contributed by atoms with Crippen LogP contribution in [0, 0.1) is 6.92 Å². The largest absolute Gasteiger partial charge is 0.507 e. The Bertz CT molecular complexity index is 1260. The van der Waals surface area contributed by atoms with Gasteiger partial charge < -0.3 is 14.6 Å². The maximum absolute atomic E-state index is 13.1. The molecule has 1 atom stereocenters. The number of aryl methyl sites for hydroxylation is 1. The van der Waals surface area contributed by atoms with Gasteiger partial charge in [-0.3, -0.25) is 14.5 Å². The van der Waals surface area contributed by atoms with E-state index in [1.54, 1.807) is 43.3 Å². The van der Waals surface area contributed by atoms with Gasteiger partial charge in [-0.2, -0.15) is 0 Å². The average Bonchev–Trinajstić information content (AvgIpc) is 3.38. The number of anilines is 1. The van der Waals surface area contributed by atoms with E-state index in [4.69, 9.17) is 9.47 Å². The SMILES string of the molecule is COC(=O)c1ccc(C2/C(=C(\O)c3ccc(OC)cc3)C(=O)C(=O)N2c2nnc(C)s2)cc1. The zero-order chi connectivity index (χ0) is 23.7. The first-order valence-electron chi connectivity index (χ1n) is 9.79. The predicted molar refractivity (Wildman–Crippen MR) is 120 cm³/mol. The number of ketones is 1. The number of esters is 1. The average molecular weight is 465 g/mol. The number of aromatic nitrogens is 2. The maximum Gasteiger partial charge on any atom is 0.337 e. The van der Waals surface area contributed by atoms with E-state index in [1.165, 1.54) is 31.3 Å². The topological polar surface area (TPSA) is 119 Å². The van der Waals surface area contributed by atoms with Gasteiger partial charge in [0.1, 0.15) is 16.5 Å². The molecular formula is C23H19N3O6S. The van der Waals surface area contributed by atoms with E-state index < -0.39 is 23.7 Å². The Kier molecular flexibility index (Phi) is 5.93. The minimum absolute atomic E-state index is 0.0937. The van der Waals surface area contributed by atoms with Crippen LogP contribution in [-0.2, 0) is 14.3 Å². The molecule has 10 heteroatoms. The van der Waals surface area contributed by atoms with Crippen molar-refractivity contribution in [2.24, 2.45) is 0 Å². The predicted octanol–water partition coefficient (Wildman–Crippen LogP) is 3.27. The van der Waals surface area contributed by atoms with Gasteiger partial charge in [0, 0.05) is 5.56 Å². The molecular weight excluding hydrogens is 446 g/mol. The number of carbonyl (C=O) groups excluding carboxylic acids is 3. The van der Waals surface area contributed by atoms with Crippen LogP contribution in [0.4, 0.5) is 5.13 Å². The third-order valence-electron chi connectivity index (χ3n) is 5.18. The van der Waals surface area contributed by atoms with Crippen molar-refractivity contribution in [2.75, 3.05) is 19.1 Å². The molecule has 168 valence electrons. The van der Waals surface area contributed by atoms with Crippen molar-refractivity contribution in [3.05, 3.63) is 75.8 Å². The lowest BCUT2D eigenvalue weighted by Gasteiger charge is -2.22. The fraction of sp³-hybridized carbons (Fsp3) is 0.174. The molecule has 4 rings (SSSR count). The van der Waals surface area contributed by atoms with Crippen LogP contribution in [0.3, 0.4) is 0 Å². The van der Waals surface area contributed by atoms with Crippen LogP contribution in [0.5, 0.6) is 5.75 Å². The standard InChI is InChI=1S/C23H19N3O6S/c1-12-24-25-23(33-12)26-18(13-4-6-15(7-5-13)22(30)32-3)17(20(28)21(26)29)19(27)14-8-10-16(31-2)11-9-14/h4-11,18,27H,1-3H3/b19-17+. The Morgan fingerprint density at radius 3 is 2.18 bits per heavy atom. The summed E-state index contributed by atoms with van der Waals surface area (Å²) in [5.74, 6) is -1.96. The van der Waals surface area contributed by atoms with Gasteiger partial charge in [0.15, 0.2) is 0 Å². The fourth-order valence-corrected chi connectivity index (χ4v) is 4.27. The van der Waals surface area contributed by atoms with E-state index in [-0.39, 0.29) is 16.5 Å². The van der Waals surface area contributed by atoms with E-state index in [0.717, 1.165) is 11.3 Å². The van der Waals surface area contributed by atoms with E-state index >= 15 is 0 Å². The third-order valence-corrected chi connectivity index (χ3v) is 6.01. The van der Waals surface area contributed by atoms with Gasteiger partial charge in [-0.25, -0.2) is 4.79 Å². The molecule has 0 saturated carbocycles. The van der Waals surface area contributed by atoms with Crippen LogP contribution in [0.1, 0.15) is 32.5 Å². The number of amides is 1. The van der Waals surface area contributed by atoms with Crippen LogP contribution in [-0.4, -0.2) is 47.2 Å². The molecule has 3 aromatic rings. The normalized spacial score (nSPS) is 17.3. The number of aliphatic hydroxyl groups is 1. The van der Waals surface area contributed by atoms with E-state index in [1.807, 2.05) is 0 Å². The summed E-state index contributed by atoms with van der Waals surface area (Å²) >= 11 is 1.15. The molecule has 2 aromatic carbocycles. The van der Waals surface area contributed by atoms with Gasteiger partial charge in [0.25, 0.3) is 5.78 Å². The number of nitrogens with zero attached hydrogens (tertiary/aromatic N) is 3. The highest BCUT2D eigenvalue weighted by Gasteiger charge is 2.48. The van der Waals surface area contributed by atoms with Crippen molar-refractivity contribution in [3.63, 3.8) is 0 Å². The summed E-state index contributed by atoms with van der Waals surface area (Å²) in [5.41, 5.74) is 1.06. The van der Waals surface area contributed by atoms with Gasteiger partial charge in [0.2, 0.25) is 5.13 Å². The minimum atomic E-state index is -0.967. The molecule has 1 saturated heterocycles. The van der Waals surface area contributed by atoms with Crippen molar-refractivity contribution < 1.29 is 29.0 Å². The lowest BCUT2D eigenvalue weighted by atomic mass is 9.94. The number of carbonyl (C=O) groups is 3. The van der Waals surface area contributed by atoms with Crippen molar-refractivity contribution in [1.82, 2.24) is 10.2 Å². The summed E-state index contributed by atoms with van der Waals surface area (Å²) in [6.07, 6.45) is 0. The zero-order valence-corrected chi connectivity index (χ0v) is 18.8. The molecule has 1 unspecified atom stereocenters. The van der Waals surface area contributed by atoms with Gasteiger partial charge in [-0.05, 0) is 48.9 Å². The highest BCUT2D eigenvalue weighted by molar-refractivity contribution is 7.15. The smallest absolute Gasteiger partial charge is 0.337 e. The first-order valence-corrected chi connectivity index (χ1v) is 10.6. The van der Waals surface area contributed by atoms with Gasteiger partial charge in [-0.15, -0.1) is 10.2 Å². The number of Topliss-reactive ketones (excluding diaryl/α,β-unsaturated/α-hetero) is 1. The Morgan fingerprint density at radius 1 is 1.00 bits per heavy atom. The van der Waals surface area contributed by atoms with Crippen LogP contribution in [0.15, 0.2) is 54.1 Å². The first kappa shape index (κ1) is 22.2. The molecule has 1 aliphatic rings. The zero-order valence-electron chi connectivity index (χ0n) is 17.9. The van der Waals surface area contributed by atoms with Crippen LogP contribution in [0.25, 0.3) is 5.76 Å². The van der Waals surface area contributed by atoms with E-state index in [2.05, 4.69) is 10.2 Å². The van der Waals surface area contributed by atoms with Crippen LogP contribution >= 0.6 is 11.3 Å². The summed E-state index contributed by atoms with van der Waals surface area (Å²) in [7, 11) is 2.79. The number of ether oxygens (including phenoxy) is 2. The summed E-state index contributed by atoms with van der Waals surface area (Å²) in [4.78, 5) is 39.2. The minimum Gasteiger partial charge on any atom is -0.507 e. The highest BCUT2D eigenvalue weighted by Crippen LogP contribution is 2.43. The van der Waals surface area contributed by atoms with Crippen LogP contribution < -0.4 is 9.64 Å². The number of rotatable bonds is 5. The van der Waals surface area contributed by atoms with Crippen molar-refractivity contribution in [1.29, 1.82) is 0 Å². The van der Waals surface area contributed by atoms with Crippen molar-refractivity contribution in [2.45, 2.75) is 13.0 Å². The molecule has 1 fully saturated rings.